The van der Waals surface area contributed by atoms with E-state index in [2.05, 4.69) is 0 Å². The predicted octanol–water partition coefficient (Wildman–Crippen LogP) is 7.06. The molecule has 178 valence electrons. The minimum absolute atomic E-state index is 0.0343. The Balaban J connectivity index is 1.82. The van der Waals surface area contributed by atoms with E-state index in [0.29, 0.717) is 23.2 Å². The van der Waals surface area contributed by atoms with Crippen LogP contribution in [0.2, 0.25) is 10.0 Å². The number of ether oxygens (including phenoxy) is 1. The molecule has 2 unspecified atom stereocenters. The number of nitrogens with zero attached hydrogens (tertiary/aromatic N) is 1. The third-order valence-electron chi connectivity index (χ3n) is 5.79. The van der Waals surface area contributed by atoms with Gasteiger partial charge in [0, 0.05) is 16.7 Å². The number of hydrogen-bond acceptors (Lipinski definition) is 2. The summed E-state index contributed by atoms with van der Waals surface area (Å²) in [5.74, 6) is -1.92. The highest BCUT2D eigenvalue weighted by Crippen LogP contribution is 2.38. The van der Waals surface area contributed by atoms with E-state index in [1.165, 1.54) is 24.3 Å². The summed E-state index contributed by atoms with van der Waals surface area (Å²) in [7, 11) is 3.70. The first-order chi connectivity index (χ1) is 15.4. The van der Waals surface area contributed by atoms with E-state index in [1.54, 1.807) is 25.1 Å². The summed E-state index contributed by atoms with van der Waals surface area (Å²) in [4.78, 5) is 13.2. The van der Waals surface area contributed by atoms with Crippen LogP contribution in [0, 0.1) is 6.92 Å². The van der Waals surface area contributed by atoms with E-state index in [9.17, 15) is 18.0 Å². The number of carbonyl (C=O) groups is 1. The second-order valence-electron chi connectivity index (χ2n) is 8.96. The second-order valence-corrected chi connectivity index (χ2v) is 9.84. The number of likely N-dealkylation sites (N-methyl/N-ethyl adjacent to an activating group) is 1. The number of benzene rings is 2. The summed E-state index contributed by atoms with van der Waals surface area (Å²) in [6.07, 6.45) is -0.0317. The molecule has 0 radical (unpaired) electrons. The molecule has 0 spiro atoms. The number of aryl methyl sites for hydroxylation is 1. The molecule has 2 aromatic rings. The number of carbonyl (C=O) groups excluding carboxylic acids is 1. The van der Waals surface area contributed by atoms with Gasteiger partial charge in [-0.2, -0.15) is 13.2 Å². The van der Waals surface area contributed by atoms with Crippen molar-refractivity contribution in [3.05, 3.63) is 74.8 Å². The molecule has 3 rings (SSSR count). The van der Waals surface area contributed by atoms with Gasteiger partial charge in [0.2, 0.25) is 0 Å². The number of allylic oxidation sites excluding steroid dienone is 1. The summed E-state index contributed by atoms with van der Waals surface area (Å²) in [6, 6.07) is 8.96. The first kappa shape index (κ1) is 25.8. The Bertz CT molecular complexity index is 1020. The fraction of sp³-hybridized carbons (Fsp3) is 0.400. The van der Waals surface area contributed by atoms with Gasteiger partial charge < -0.3 is 4.74 Å². The van der Waals surface area contributed by atoms with Gasteiger partial charge in [-0.25, -0.2) is 4.79 Å². The van der Waals surface area contributed by atoms with Crippen molar-refractivity contribution in [1.82, 2.24) is 0 Å². The lowest BCUT2D eigenvalue weighted by atomic mass is 9.96. The van der Waals surface area contributed by atoms with Crippen molar-refractivity contribution in [2.24, 2.45) is 0 Å². The van der Waals surface area contributed by atoms with Crippen LogP contribution in [0.1, 0.15) is 45.8 Å². The maximum Gasteiger partial charge on any atom is 0.399 e. The van der Waals surface area contributed by atoms with Gasteiger partial charge in [-0.3, -0.25) is 4.48 Å². The maximum atomic E-state index is 13.7. The van der Waals surface area contributed by atoms with Crippen LogP contribution in [0.15, 0.2) is 42.5 Å². The average molecular weight is 501 g/mol. The van der Waals surface area contributed by atoms with Crippen molar-refractivity contribution < 1.29 is 27.2 Å². The van der Waals surface area contributed by atoms with Crippen molar-refractivity contribution in [1.29, 1.82) is 0 Å². The normalized spacial score (nSPS) is 18.1. The highest BCUT2D eigenvalue weighted by atomic mass is 35.5. The fourth-order valence-corrected chi connectivity index (χ4v) is 4.65. The van der Waals surface area contributed by atoms with Crippen molar-refractivity contribution >= 4 is 35.2 Å². The van der Waals surface area contributed by atoms with E-state index in [4.69, 9.17) is 27.9 Å². The SMILES string of the molecule is Cc1cc(C=CC(c2cc(Cl)cc(Cl)c2)C(F)(F)F)ccc1C(=O)[N+](C)(C)CC1CCCO1. The van der Waals surface area contributed by atoms with Gasteiger partial charge in [-0.05, 0) is 60.7 Å². The third kappa shape index (κ3) is 6.60. The summed E-state index contributed by atoms with van der Waals surface area (Å²) in [5.41, 5.74) is 1.78. The van der Waals surface area contributed by atoms with E-state index in [1.807, 2.05) is 14.1 Å². The molecular weight excluding hydrogens is 474 g/mol. The third-order valence-corrected chi connectivity index (χ3v) is 6.23. The molecule has 1 aliphatic rings. The summed E-state index contributed by atoms with van der Waals surface area (Å²) in [5, 5.41) is 0.283. The zero-order valence-electron chi connectivity index (χ0n) is 18.8. The lowest BCUT2D eigenvalue weighted by Crippen LogP contribution is -2.50. The molecule has 2 atom stereocenters. The monoisotopic (exact) mass is 500 g/mol. The Morgan fingerprint density at radius 1 is 1.18 bits per heavy atom. The number of halogens is 5. The van der Waals surface area contributed by atoms with E-state index in [0.717, 1.165) is 25.5 Å². The number of rotatable bonds is 6. The van der Waals surface area contributed by atoms with Crippen molar-refractivity contribution in [2.75, 3.05) is 27.2 Å². The van der Waals surface area contributed by atoms with Crippen LogP contribution in [0.5, 0.6) is 0 Å². The zero-order valence-corrected chi connectivity index (χ0v) is 20.3. The molecule has 1 aliphatic heterocycles. The number of amides is 1. The minimum atomic E-state index is -4.51. The molecule has 1 amide bonds. The first-order valence-corrected chi connectivity index (χ1v) is 11.4. The highest BCUT2D eigenvalue weighted by Gasteiger charge is 2.39. The van der Waals surface area contributed by atoms with Crippen LogP contribution < -0.4 is 0 Å². The molecule has 0 aliphatic carbocycles. The molecule has 1 saturated heterocycles. The molecule has 33 heavy (non-hydrogen) atoms. The Kier molecular flexibility index (Phi) is 7.95. The molecule has 2 aromatic carbocycles. The quantitative estimate of drug-likeness (QED) is 0.397. The Morgan fingerprint density at radius 2 is 1.85 bits per heavy atom. The Morgan fingerprint density at radius 3 is 2.39 bits per heavy atom. The molecule has 1 heterocycles. The second kappa shape index (κ2) is 10.2. The molecular formula is C25H27Cl2F3NO2+. The molecule has 0 bridgehead atoms. The van der Waals surface area contributed by atoms with E-state index in [-0.39, 0.29) is 32.1 Å². The van der Waals surface area contributed by atoms with Gasteiger partial charge in [-0.1, -0.05) is 47.5 Å². The summed E-state index contributed by atoms with van der Waals surface area (Å²) >= 11 is 11.8. The molecule has 0 aromatic heterocycles. The lowest BCUT2D eigenvalue weighted by molar-refractivity contribution is -0.811. The molecule has 0 saturated carbocycles. The van der Waals surface area contributed by atoms with Crippen molar-refractivity contribution in [3.8, 4) is 0 Å². The lowest BCUT2D eigenvalue weighted by Gasteiger charge is -2.29. The van der Waals surface area contributed by atoms with Crippen LogP contribution >= 0.6 is 23.2 Å². The molecule has 3 nitrogen and oxygen atoms in total. The number of alkyl halides is 3. The van der Waals surface area contributed by atoms with Crippen LogP contribution in [-0.2, 0) is 4.74 Å². The first-order valence-electron chi connectivity index (χ1n) is 10.7. The average Bonchev–Trinajstić information content (AvgIpc) is 3.18. The van der Waals surface area contributed by atoms with E-state index >= 15 is 0 Å². The standard InChI is InChI=1S/C25H27Cl2F3NO2/c1-16-11-17(6-8-22(16)24(32)31(2,3)15-21-5-4-10-33-21)7-9-23(25(28,29)30)18-12-19(26)14-20(27)13-18/h6-9,11-14,21,23H,4-5,10,15H2,1-3H3/q+1. The van der Waals surface area contributed by atoms with Crippen molar-refractivity contribution in [2.45, 2.75) is 38.0 Å². The minimum Gasteiger partial charge on any atom is -0.372 e. The zero-order chi connectivity index (χ0) is 24.4. The fourth-order valence-electron chi connectivity index (χ4n) is 4.11. The van der Waals surface area contributed by atoms with Gasteiger partial charge in [-0.15, -0.1) is 0 Å². The van der Waals surface area contributed by atoms with Crippen LogP contribution in [-0.4, -0.2) is 49.9 Å². The van der Waals surface area contributed by atoms with Crippen LogP contribution in [0.25, 0.3) is 6.08 Å². The van der Waals surface area contributed by atoms with Gasteiger partial charge in [0.15, 0.2) is 0 Å². The smallest absolute Gasteiger partial charge is 0.372 e. The Labute approximate surface area is 202 Å². The topological polar surface area (TPSA) is 26.3 Å². The van der Waals surface area contributed by atoms with Crippen molar-refractivity contribution in [3.63, 3.8) is 0 Å². The number of hydrogen-bond donors (Lipinski definition) is 0. The van der Waals surface area contributed by atoms with Crippen LogP contribution in [0.4, 0.5) is 13.2 Å². The van der Waals surface area contributed by atoms with Gasteiger partial charge in [0.1, 0.15) is 12.6 Å². The maximum absolute atomic E-state index is 13.7. The molecule has 1 fully saturated rings. The molecule has 0 N–H and O–H groups in total. The molecule has 8 heteroatoms. The number of quaternary nitrogens is 1. The summed E-state index contributed by atoms with van der Waals surface area (Å²) < 4.78 is 47.0. The Hall–Kier alpha value is -1.86. The van der Waals surface area contributed by atoms with Gasteiger partial charge in [0.25, 0.3) is 0 Å². The summed E-state index contributed by atoms with van der Waals surface area (Å²) in [6.45, 7) is 3.09. The highest BCUT2D eigenvalue weighted by molar-refractivity contribution is 6.34. The predicted molar refractivity (Wildman–Crippen MR) is 126 cm³/mol. The largest absolute Gasteiger partial charge is 0.399 e. The van der Waals surface area contributed by atoms with E-state index < -0.39 is 12.1 Å². The van der Waals surface area contributed by atoms with Crippen LogP contribution in [0.3, 0.4) is 0 Å². The van der Waals surface area contributed by atoms with Gasteiger partial charge in [0.05, 0.1) is 25.6 Å². The van der Waals surface area contributed by atoms with Gasteiger partial charge >= 0.3 is 12.1 Å².